The number of thiophene rings is 2. The number of carbonyl (C=O) groups is 1. The second kappa shape index (κ2) is 4.39. The van der Waals surface area contributed by atoms with Gasteiger partial charge in [-0.3, -0.25) is 4.79 Å². The van der Waals surface area contributed by atoms with E-state index in [1.165, 1.54) is 22.7 Å². The summed E-state index contributed by atoms with van der Waals surface area (Å²) in [5.41, 5.74) is 0. The zero-order valence-corrected chi connectivity index (χ0v) is 9.40. The third kappa shape index (κ3) is 2.14. The maximum Gasteiger partial charge on any atom is 0.212 e. The van der Waals surface area contributed by atoms with Crippen molar-refractivity contribution in [3.63, 3.8) is 0 Å². The average molecular weight is 233 g/mol. The SMILES string of the molecule is N#CCc1ccc(C(=O)c2cccs2)s1. The van der Waals surface area contributed by atoms with Gasteiger partial charge in [0.1, 0.15) is 0 Å². The molecule has 0 unspecified atom stereocenters. The molecular formula is C11H7NOS2. The molecule has 0 N–H and O–H groups in total. The van der Waals surface area contributed by atoms with Crippen LogP contribution in [0.2, 0.25) is 0 Å². The lowest BCUT2D eigenvalue weighted by Crippen LogP contribution is -1.93. The molecule has 4 heteroatoms. The van der Waals surface area contributed by atoms with Crippen LogP contribution in [-0.4, -0.2) is 5.78 Å². The van der Waals surface area contributed by atoms with Crippen molar-refractivity contribution in [3.05, 3.63) is 44.3 Å². The van der Waals surface area contributed by atoms with Crippen molar-refractivity contribution < 1.29 is 4.79 Å². The maximum atomic E-state index is 11.9. The molecule has 2 rings (SSSR count). The van der Waals surface area contributed by atoms with Gasteiger partial charge in [0, 0.05) is 4.88 Å². The highest BCUT2D eigenvalue weighted by Gasteiger charge is 2.12. The Morgan fingerprint density at radius 1 is 1.33 bits per heavy atom. The molecule has 2 heterocycles. The predicted molar refractivity (Wildman–Crippen MR) is 61.4 cm³/mol. The number of nitriles is 1. The second-order valence-electron chi connectivity index (χ2n) is 2.91. The Hall–Kier alpha value is -1.44. The van der Waals surface area contributed by atoms with Crippen molar-refractivity contribution in [3.8, 4) is 6.07 Å². The van der Waals surface area contributed by atoms with Gasteiger partial charge in [0.25, 0.3) is 0 Å². The van der Waals surface area contributed by atoms with Gasteiger partial charge >= 0.3 is 0 Å². The predicted octanol–water partition coefficient (Wildman–Crippen LogP) is 3.11. The minimum Gasteiger partial charge on any atom is -0.287 e. The molecule has 0 radical (unpaired) electrons. The van der Waals surface area contributed by atoms with Crippen molar-refractivity contribution in [1.82, 2.24) is 0 Å². The highest BCUT2D eigenvalue weighted by molar-refractivity contribution is 7.16. The van der Waals surface area contributed by atoms with Crippen molar-refractivity contribution in [2.24, 2.45) is 0 Å². The monoisotopic (exact) mass is 233 g/mol. The zero-order chi connectivity index (χ0) is 10.7. The number of hydrogen-bond donors (Lipinski definition) is 0. The largest absolute Gasteiger partial charge is 0.287 e. The van der Waals surface area contributed by atoms with E-state index >= 15 is 0 Å². The fourth-order valence-corrected chi connectivity index (χ4v) is 2.84. The Balaban J connectivity index is 2.24. The quantitative estimate of drug-likeness (QED) is 0.764. The Morgan fingerprint density at radius 3 is 2.87 bits per heavy atom. The summed E-state index contributed by atoms with van der Waals surface area (Å²) in [4.78, 5) is 14.3. The molecule has 0 atom stereocenters. The van der Waals surface area contributed by atoms with Crippen molar-refractivity contribution >= 4 is 28.5 Å². The molecule has 0 saturated heterocycles. The molecular weight excluding hydrogens is 226 g/mol. The molecule has 0 fully saturated rings. The number of nitrogens with zero attached hydrogens (tertiary/aromatic N) is 1. The van der Waals surface area contributed by atoms with E-state index in [2.05, 4.69) is 6.07 Å². The summed E-state index contributed by atoms with van der Waals surface area (Å²) >= 11 is 2.84. The van der Waals surface area contributed by atoms with E-state index in [0.717, 1.165) is 9.75 Å². The molecule has 2 aromatic rings. The van der Waals surface area contributed by atoms with Crippen molar-refractivity contribution in [1.29, 1.82) is 5.26 Å². The minimum atomic E-state index is 0.0548. The molecule has 15 heavy (non-hydrogen) atoms. The Labute approximate surface area is 95.4 Å². The summed E-state index contributed by atoms with van der Waals surface area (Å²) in [6.07, 6.45) is 0.377. The summed E-state index contributed by atoms with van der Waals surface area (Å²) in [6, 6.07) is 9.38. The highest BCUT2D eigenvalue weighted by atomic mass is 32.1. The van der Waals surface area contributed by atoms with Crippen LogP contribution in [0.1, 0.15) is 19.4 Å². The summed E-state index contributed by atoms with van der Waals surface area (Å²) in [7, 11) is 0. The van der Waals surface area contributed by atoms with E-state index in [9.17, 15) is 4.79 Å². The lowest BCUT2D eigenvalue weighted by molar-refractivity contribution is 0.104. The number of ketones is 1. The normalized spacial score (nSPS) is 9.80. The number of rotatable bonds is 3. The van der Waals surface area contributed by atoms with Gasteiger partial charge in [-0.2, -0.15) is 5.26 Å². The summed E-state index contributed by atoms with van der Waals surface area (Å²) < 4.78 is 0. The van der Waals surface area contributed by atoms with E-state index in [-0.39, 0.29) is 5.78 Å². The Bertz CT molecular complexity index is 505. The minimum absolute atomic E-state index is 0.0548. The van der Waals surface area contributed by atoms with Crippen LogP contribution in [-0.2, 0) is 6.42 Å². The van der Waals surface area contributed by atoms with Crippen molar-refractivity contribution in [2.45, 2.75) is 6.42 Å². The Kier molecular flexibility index (Phi) is 2.95. The van der Waals surface area contributed by atoms with Crippen molar-refractivity contribution in [2.75, 3.05) is 0 Å². The van der Waals surface area contributed by atoms with Crippen LogP contribution in [0.5, 0.6) is 0 Å². The van der Waals surface area contributed by atoms with Gasteiger partial charge in [-0.1, -0.05) is 6.07 Å². The lowest BCUT2D eigenvalue weighted by atomic mass is 10.2. The van der Waals surface area contributed by atoms with Crippen LogP contribution in [0.25, 0.3) is 0 Å². The molecule has 0 spiro atoms. The van der Waals surface area contributed by atoms with Gasteiger partial charge in [0.15, 0.2) is 0 Å². The number of hydrogen-bond acceptors (Lipinski definition) is 4. The van der Waals surface area contributed by atoms with Crippen LogP contribution in [0.4, 0.5) is 0 Å². The third-order valence-corrected chi connectivity index (χ3v) is 3.84. The molecule has 2 aromatic heterocycles. The van der Waals surface area contributed by atoms with Crippen LogP contribution in [0.15, 0.2) is 29.6 Å². The van der Waals surface area contributed by atoms with Crippen LogP contribution >= 0.6 is 22.7 Å². The summed E-state index contributed by atoms with van der Waals surface area (Å²) in [5.74, 6) is 0.0548. The fourth-order valence-electron chi connectivity index (χ4n) is 1.20. The van der Waals surface area contributed by atoms with Gasteiger partial charge in [0.2, 0.25) is 5.78 Å². The van der Waals surface area contributed by atoms with Gasteiger partial charge < -0.3 is 0 Å². The molecule has 2 nitrogen and oxygen atoms in total. The second-order valence-corrected chi connectivity index (χ2v) is 5.02. The fraction of sp³-hybridized carbons (Fsp3) is 0.0909. The van der Waals surface area contributed by atoms with Gasteiger partial charge in [-0.05, 0) is 23.6 Å². The summed E-state index contributed by atoms with van der Waals surface area (Å²) in [6.45, 7) is 0. The first-order chi connectivity index (χ1) is 7.31. The van der Waals surface area contributed by atoms with Gasteiger partial charge in [-0.15, -0.1) is 22.7 Å². The van der Waals surface area contributed by atoms with Gasteiger partial charge in [-0.25, -0.2) is 0 Å². The first kappa shape index (κ1) is 10.1. The van der Waals surface area contributed by atoms with E-state index in [4.69, 9.17) is 5.26 Å². The standard InChI is InChI=1S/C11H7NOS2/c12-6-5-8-3-4-10(15-8)11(13)9-2-1-7-14-9/h1-4,7H,5H2. The van der Waals surface area contributed by atoms with Crippen LogP contribution in [0, 0.1) is 11.3 Å². The molecule has 0 aromatic carbocycles. The number of carbonyl (C=O) groups excluding carboxylic acids is 1. The molecule has 0 aliphatic rings. The smallest absolute Gasteiger partial charge is 0.212 e. The van der Waals surface area contributed by atoms with E-state index in [1.807, 2.05) is 23.6 Å². The Morgan fingerprint density at radius 2 is 2.20 bits per heavy atom. The molecule has 74 valence electrons. The van der Waals surface area contributed by atoms with Gasteiger partial charge in [0.05, 0.1) is 22.2 Å². The highest BCUT2D eigenvalue weighted by Crippen LogP contribution is 2.22. The van der Waals surface area contributed by atoms with E-state index in [0.29, 0.717) is 11.3 Å². The average Bonchev–Trinajstić information content (AvgIpc) is 2.87. The molecule has 0 aliphatic heterocycles. The zero-order valence-electron chi connectivity index (χ0n) is 7.77. The molecule has 0 saturated carbocycles. The molecule has 0 bridgehead atoms. The molecule has 0 amide bonds. The van der Waals surface area contributed by atoms with E-state index in [1.54, 1.807) is 6.07 Å². The third-order valence-electron chi connectivity index (χ3n) is 1.88. The summed E-state index contributed by atoms with van der Waals surface area (Å²) in [5, 5.41) is 10.4. The topological polar surface area (TPSA) is 40.9 Å². The first-order valence-corrected chi connectivity index (χ1v) is 6.05. The van der Waals surface area contributed by atoms with E-state index < -0.39 is 0 Å². The lowest BCUT2D eigenvalue weighted by Gasteiger charge is -1.91. The maximum absolute atomic E-state index is 11.9. The molecule has 0 aliphatic carbocycles. The van der Waals surface area contributed by atoms with Crippen LogP contribution < -0.4 is 0 Å². The van der Waals surface area contributed by atoms with Crippen LogP contribution in [0.3, 0.4) is 0 Å². The first-order valence-electron chi connectivity index (χ1n) is 4.35.